The van der Waals surface area contributed by atoms with Gasteiger partial charge < -0.3 is 16.4 Å². The van der Waals surface area contributed by atoms with Gasteiger partial charge in [0.1, 0.15) is 5.82 Å². The average molecular weight is 271 g/mol. The van der Waals surface area contributed by atoms with Gasteiger partial charge in [0.05, 0.1) is 11.3 Å². The number of halogens is 1. The molecule has 4 nitrogen and oxygen atoms in total. The van der Waals surface area contributed by atoms with Gasteiger partial charge in [0.15, 0.2) is 0 Å². The number of primary amides is 1. The maximum absolute atomic E-state index is 13.4. The number of anilines is 3. The fraction of sp³-hybridized carbons (Fsp3) is 0.133. The quantitative estimate of drug-likeness (QED) is 0.822. The van der Waals surface area contributed by atoms with E-state index < -0.39 is 5.91 Å². The Bertz CT molecular complexity index is 700. The Balaban J connectivity index is 2.14. The highest BCUT2D eigenvalue weighted by atomic mass is 19.1. The third-order valence-electron chi connectivity index (χ3n) is 3.52. The highest BCUT2D eigenvalue weighted by Crippen LogP contribution is 2.37. The van der Waals surface area contributed by atoms with Crippen molar-refractivity contribution in [1.82, 2.24) is 0 Å². The predicted octanol–water partition coefficient (Wildman–Crippen LogP) is 2.20. The first kappa shape index (κ1) is 12.5. The number of nitrogen functional groups attached to an aromatic ring is 1. The molecule has 102 valence electrons. The largest absolute Gasteiger partial charge is 0.399 e. The van der Waals surface area contributed by atoms with E-state index in [1.807, 2.05) is 4.90 Å². The van der Waals surface area contributed by atoms with Gasteiger partial charge in [0.25, 0.3) is 5.91 Å². The van der Waals surface area contributed by atoms with Crippen LogP contribution in [0.5, 0.6) is 0 Å². The molecule has 0 radical (unpaired) electrons. The molecule has 20 heavy (non-hydrogen) atoms. The van der Waals surface area contributed by atoms with E-state index in [0.717, 1.165) is 17.7 Å². The zero-order valence-corrected chi connectivity index (χ0v) is 10.8. The summed E-state index contributed by atoms with van der Waals surface area (Å²) in [5, 5.41) is 0. The van der Waals surface area contributed by atoms with E-state index in [4.69, 9.17) is 11.5 Å². The minimum absolute atomic E-state index is 0.305. The highest BCUT2D eigenvalue weighted by molar-refractivity contribution is 6.00. The summed E-state index contributed by atoms with van der Waals surface area (Å²) >= 11 is 0. The molecular weight excluding hydrogens is 257 g/mol. The van der Waals surface area contributed by atoms with Crippen molar-refractivity contribution in [2.75, 3.05) is 17.2 Å². The normalized spacial score (nSPS) is 13.3. The number of carbonyl (C=O) groups is 1. The summed E-state index contributed by atoms with van der Waals surface area (Å²) < 4.78 is 13.4. The summed E-state index contributed by atoms with van der Waals surface area (Å²) in [7, 11) is 0. The highest BCUT2D eigenvalue weighted by Gasteiger charge is 2.24. The number of benzene rings is 2. The van der Waals surface area contributed by atoms with E-state index >= 15 is 0 Å². The van der Waals surface area contributed by atoms with Crippen molar-refractivity contribution in [3.8, 4) is 0 Å². The van der Waals surface area contributed by atoms with Crippen LogP contribution in [0.2, 0.25) is 0 Å². The Labute approximate surface area is 115 Å². The molecule has 5 heteroatoms. The lowest BCUT2D eigenvalue weighted by atomic mass is 10.1. The zero-order valence-electron chi connectivity index (χ0n) is 10.8. The molecule has 0 unspecified atom stereocenters. The molecule has 0 aromatic heterocycles. The molecule has 2 aromatic carbocycles. The number of fused-ring (bicyclic) bond motifs is 1. The number of nitrogens with two attached hydrogens (primary N) is 2. The van der Waals surface area contributed by atoms with E-state index in [2.05, 4.69) is 0 Å². The molecule has 1 aliphatic rings. The molecule has 0 spiro atoms. The van der Waals surface area contributed by atoms with Crippen LogP contribution in [0, 0.1) is 5.82 Å². The number of hydrogen-bond acceptors (Lipinski definition) is 3. The van der Waals surface area contributed by atoms with E-state index in [1.54, 1.807) is 24.3 Å². The Morgan fingerprint density at radius 1 is 1.15 bits per heavy atom. The van der Waals surface area contributed by atoms with Crippen molar-refractivity contribution in [1.29, 1.82) is 0 Å². The van der Waals surface area contributed by atoms with Crippen LogP contribution in [-0.4, -0.2) is 12.5 Å². The fourth-order valence-corrected chi connectivity index (χ4v) is 2.58. The van der Waals surface area contributed by atoms with E-state index in [0.29, 0.717) is 23.5 Å². The lowest BCUT2D eigenvalue weighted by Crippen LogP contribution is -2.20. The van der Waals surface area contributed by atoms with E-state index in [-0.39, 0.29) is 5.82 Å². The predicted molar refractivity (Wildman–Crippen MR) is 76.5 cm³/mol. The summed E-state index contributed by atoms with van der Waals surface area (Å²) in [5.41, 5.74) is 14.6. The van der Waals surface area contributed by atoms with Crippen LogP contribution in [0.1, 0.15) is 15.9 Å². The smallest absolute Gasteiger partial charge is 0.250 e. The van der Waals surface area contributed by atoms with E-state index in [9.17, 15) is 9.18 Å². The van der Waals surface area contributed by atoms with Crippen molar-refractivity contribution in [2.45, 2.75) is 6.42 Å². The van der Waals surface area contributed by atoms with Gasteiger partial charge >= 0.3 is 0 Å². The van der Waals surface area contributed by atoms with Crippen molar-refractivity contribution >= 4 is 23.0 Å². The van der Waals surface area contributed by atoms with Gasteiger partial charge in [-0.25, -0.2) is 4.39 Å². The maximum Gasteiger partial charge on any atom is 0.250 e. The van der Waals surface area contributed by atoms with Crippen LogP contribution in [0.4, 0.5) is 21.5 Å². The molecule has 4 N–H and O–H groups in total. The summed E-state index contributed by atoms with van der Waals surface area (Å²) in [6.45, 7) is 0.669. The molecule has 0 bridgehead atoms. The molecule has 1 aliphatic heterocycles. The topological polar surface area (TPSA) is 72.3 Å². The second-order valence-electron chi connectivity index (χ2n) is 4.82. The number of rotatable bonds is 2. The molecule has 0 aliphatic carbocycles. The van der Waals surface area contributed by atoms with Crippen molar-refractivity contribution in [3.05, 3.63) is 53.3 Å². The SMILES string of the molecule is NC(=O)c1ccc(N)cc1N1CCc2ccc(F)cc21. The Kier molecular flexibility index (Phi) is 2.82. The van der Waals surface area contributed by atoms with Gasteiger partial charge in [0, 0.05) is 17.9 Å². The summed E-state index contributed by atoms with van der Waals surface area (Å²) in [5.74, 6) is -0.829. The summed E-state index contributed by atoms with van der Waals surface area (Å²) in [4.78, 5) is 13.4. The monoisotopic (exact) mass is 271 g/mol. The molecule has 1 heterocycles. The van der Waals surface area contributed by atoms with Gasteiger partial charge in [-0.1, -0.05) is 6.07 Å². The third-order valence-corrected chi connectivity index (χ3v) is 3.52. The Morgan fingerprint density at radius 3 is 2.70 bits per heavy atom. The number of nitrogens with zero attached hydrogens (tertiary/aromatic N) is 1. The second kappa shape index (κ2) is 4.52. The molecule has 0 fully saturated rings. The molecular formula is C15H14FN3O. The number of hydrogen-bond donors (Lipinski definition) is 2. The lowest BCUT2D eigenvalue weighted by molar-refractivity contribution is 0.100. The van der Waals surface area contributed by atoms with Gasteiger partial charge in [-0.3, -0.25) is 4.79 Å². The van der Waals surface area contributed by atoms with Crippen LogP contribution < -0.4 is 16.4 Å². The molecule has 0 saturated heterocycles. The van der Waals surface area contributed by atoms with Gasteiger partial charge in [-0.2, -0.15) is 0 Å². The molecule has 2 aromatic rings. The average Bonchev–Trinajstić information content (AvgIpc) is 2.81. The summed E-state index contributed by atoms with van der Waals surface area (Å²) in [6, 6.07) is 9.60. The zero-order chi connectivity index (χ0) is 14.3. The molecule has 0 atom stereocenters. The second-order valence-corrected chi connectivity index (χ2v) is 4.82. The summed E-state index contributed by atoms with van der Waals surface area (Å²) in [6.07, 6.45) is 0.794. The van der Waals surface area contributed by atoms with Crippen molar-refractivity contribution in [2.24, 2.45) is 5.73 Å². The third kappa shape index (κ3) is 1.97. The lowest BCUT2D eigenvalue weighted by Gasteiger charge is -2.22. The van der Waals surface area contributed by atoms with Crippen LogP contribution in [0.25, 0.3) is 0 Å². The number of amides is 1. The standard InChI is InChI=1S/C15H14FN3O/c16-10-2-1-9-5-6-19(13(9)7-10)14-8-11(17)3-4-12(14)15(18)20/h1-4,7-8H,5-6,17H2,(H2,18,20). The van der Waals surface area contributed by atoms with E-state index in [1.165, 1.54) is 12.1 Å². The van der Waals surface area contributed by atoms with Crippen LogP contribution in [0.15, 0.2) is 36.4 Å². The first-order valence-electron chi connectivity index (χ1n) is 6.31. The van der Waals surface area contributed by atoms with Crippen molar-refractivity contribution in [3.63, 3.8) is 0 Å². The number of carbonyl (C=O) groups excluding carboxylic acids is 1. The molecule has 3 rings (SSSR count). The Morgan fingerprint density at radius 2 is 1.95 bits per heavy atom. The van der Waals surface area contributed by atoms with Crippen LogP contribution >= 0.6 is 0 Å². The minimum Gasteiger partial charge on any atom is -0.399 e. The van der Waals surface area contributed by atoms with Crippen LogP contribution in [-0.2, 0) is 6.42 Å². The fourth-order valence-electron chi connectivity index (χ4n) is 2.58. The van der Waals surface area contributed by atoms with Crippen LogP contribution in [0.3, 0.4) is 0 Å². The molecule has 1 amide bonds. The van der Waals surface area contributed by atoms with Gasteiger partial charge in [-0.05, 0) is 42.3 Å². The molecule has 0 saturated carbocycles. The first-order valence-corrected chi connectivity index (χ1v) is 6.31. The van der Waals surface area contributed by atoms with Crippen molar-refractivity contribution < 1.29 is 9.18 Å². The maximum atomic E-state index is 13.4. The minimum atomic E-state index is -0.523. The van der Waals surface area contributed by atoms with Gasteiger partial charge in [0.2, 0.25) is 0 Å². The van der Waals surface area contributed by atoms with Gasteiger partial charge in [-0.15, -0.1) is 0 Å². The first-order chi connectivity index (χ1) is 9.56. The Hall–Kier alpha value is -2.56.